The fourth-order valence-electron chi connectivity index (χ4n) is 4.61. The summed E-state index contributed by atoms with van der Waals surface area (Å²) in [6.07, 6.45) is 0. The van der Waals surface area contributed by atoms with Crippen LogP contribution in [0.3, 0.4) is 0 Å². The number of aromatic hydroxyl groups is 1. The SMILES string of the molecule is CC(=O)N1C[C@H]2CN(C(=O)c3cccc(C)c3O)C[C@H]2[C@@H]1c1ccccc1. The standard InChI is InChI=1S/C22H24N2O3/c1-14-7-6-10-18(21(14)26)22(27)23-11-17-12-24(15(2)25)20(19(17)13-23)16-8-4-3-5-9-16/h3-10,17,19-20,26H,11-13H2,1-2H3/t17-,19-,20+/m1/s1. The third-order valence-electron chi connectivity index (χ3n) is 5.97. The summed E-state index contributed by atoms with van der Waals surface area (Å²) >= 11 is 0. The topological polar surface area (TPSA) is 60.9 Å². The minimum atomic E-state index is -0.133. The van der Waals surface area contributed by atoms with Crippen molar-refractivity contribution in [1.82, 2.24) is 9.80 Å². The van der Waals surface area contributed by atoms with Crippen LogP contribution in [-0.2, 0) is 4.79 Å². The zero-order valence-corrected chi connectivity index (χ0v) is 15.6. The molecule has 4 rings (SSSR count). The van der Waals surface area contributed by atoms with E-state index in [1.165, 1.54) is 0 Å². The highest BCUT2D eigenvalue weighted by molar-refractivity contribution is 5.97. The van der Waals surface area contributed by atoms with Crippen LogP contribution in [0.4, 0.5) is 0 Å². The molecule has 2 aromatic rings. The number of benzene rings is 2. The Balaban J connectivity index is 1.60. The molecule has 140 valence electrons. The third-order valence-corrected chi connectivity index (χ3v) is 5.97. The zero-order valence-electron chi connectivity index (χ0n) is 15.6. The highest BCUT2D eigenvalue weighted by Gasteiger charge is 2.49. The number of hydrogen-bond donors (Lipinski definition) is 1. The van der Waals surface area contributed by atoms with E-state index in [4.69, 9.17) is 0 Å². The van der Waals surface area contributed by atoms with Crippen molar-refractivity contribution in [3.63, 3.8) is 0 Å². The number of rotatable bonds is 2. The van der Waals surface area contributed by atoms with Crippen LogP contribution < -0.4 is 0 Å². The maximum Gasteiger partial charge on any atom is 0.257 e. The van der Waals surface area contributed by atoms with Gasteiger partial charge in [-0.1, -0.05) is 42.5 Å². The molecule has 0 radical (unpaired) electrons. The van der Waals surface area contributed by atoms with E-state index >= 15 is 0 Å². The molecule has 0 unspecified atom stereocenters. The van der Waals surface area contributed by atoms with E-state index in [-0.39, 0.29) is 35.4 Å². The van der Waals surface area contributed by atoms with Crippen LogP contribution in [0.15, 0.2) is 48.5 Å². The Kier molecular flexibility index (Phi) is 4.38. The Labute approximate surface area is 159 Å². The number of amides is 2. The lowest BCUT2D eigenvalue weighted by Crippen LogP contribution is -2.36. The molecule has 0 bridgehead atoms. The average Bonchev–Trinajstić information content (AvgIpc) is 3.22. The number of hydrogen-bond acceptors (Lipinski definition) is 3. The molecule has 2 fully saturated rings. The van der Waals surface area contributed by atoms with Gasteiger partial charge in [-0.25, -0.2) is 0 Å². The van der Waals surface area contributed by atoms with Crippen molar-refractivity contribution in [2.45, 2.75) is 19.9 Å². The molecule has 5 heteroatoms. The molecule has 0 saturated carbocycles. The number of para-hydroxylation sites is 1. The second kappa shape index (κ2) is 6.72. The summed E-state index contributed by atoms with van der Waals surface area (Å²) in [6, 6.07) is 15.3. The minimum Gasteiger partial charge on any atom is -0.507 e. The van der Waals surface area contributed by atoms with Gasteiger partial charge in [-0.05, 0) is 24.1 Å². The van der Waals surface area contributed by atoms with E-state index < -0.39 is 0 Å². The quantitative estimate of drug-likeness (QED) is 0.891. The van der Waals surface area contributed by atoms with E-state index in [0.717, 1.165) is 5.56 Å². The Morgan fingerprint density at radius 1 is 1.00 bits per heavy atom. The molecule has 2 aliphatic heterocycles. The smallest absolute Gasteiger partial charge is 0.257 e. The van der Waals surface area contributed by atoms with Crippen LogP contribution in [0.1, 0.15) is 34.5 Å². The van der Waals surface area contributed by atoms with Crippen LogP contribution in [0.2, 0.25) is 0 Å². The molecule has 2 heterocycles. The zero-order chi connectivity index (χ0) is 19.1. The van der Waals surface area contributed by atoms with E-state index in [2.05, 4.69) is 12.1 Å². The summed E-state index contributed by atoms with van der Waals surface area (Å²) in [6.45, 7) is 5.29. The first-order valence-corrected chi connectivity index (χ1v) is 9.37. The van der Waals surface area contributed by atoms with Crippen molar-refractivity contribution in [1.29, 1.82) is 0 Å². The lowest BCUT2D eigenvalue weighted by atomic mass is 9.89. The first-order valence-electron chi connectivity index (χ1n) is 9.37. The number of phenolic OH excluding ortho intramolecular Hbond substituents is 1. The van der Waals surface area contributed by atoms with Gasteiger partial charge in [-0.15, -0.1) is 0 Å². The predicted octanol–water partition coefficient (Wildman–Crippen LogP) is 2.99. The molecule has 3 atom stereocenters. The second-order valence-corrected chi connectivity index (χ2v) is 7.63. The van der Waals surface area contributed by atoms with Crippen LogP contribution in [0.25, 0.3) is 0 Å². The van der Waals surface area contributed by atoms with Crippen molar-refractivity contribution < 1.29 is 14.7 Å². The molecule has 5 nitrogen and oxygen atoms in total. The van der Waals surface area contributed by atoms with Crippen LogP contribution in [0, 0.1) is 18.8 Å². The molecule has 2 aliphatic rings. The fourth-order valence-corrected chi connectivity index (χ4v) is 4.61. The van der Waals surface area contributed by atoms with Gasteiger partial charge in [0.2, 0.25) is 5.91 Å². The fraction of sp³-hybridized carbons (Fsp3) is 0.364. The van der Waals surface area contributed by atoms with Gasteiger partial charge >= 0.3 is 0 Å². The van der Waals surface area contributed by atoms with E-state index in [0.29, 0.717) is 30.8 Å². The second-order valence-electron chi connectivity index (χ2n) is 7.63. The number of carbonyl (C=O) groups is 2. The van der Waals surface area contributed by atoms with Gasteiger partial charge < -0.3 is 14.9 Å². The van der Waals surface area contributed by atoms with Crippen LogP contribution >= 0.6 is 0 Å². The largest absolute Gasteiger partial charge is 0.507 e. The highest BCUT2D eigenvalue weighted by Crippen LogP contribution is 2.45. The lowest BCUT2D eigenvalue weighted by molar-refractivity contribution is -0.130. The number of aryl methyl sites for hydroxylation is 1. The number of phenols is 1. The summed E-state index contributed by atoms with van der Waals surface area (Å²) in [5.74, 6) is 0.478. The molecular weight excluding hydrogens is 340 g/mol. The van der Waals surface area contributed by atoms with E-state index in [1.54, 1.807) is 32.0 Å². The van der Waals surface area contributed by atoms with Crippen molar-refractivity contribution in [2.75, 3.05) is 19.6 Å². The molecule has 2 saturated heterocycles. The van der Waals surface area contributed by atoms with Gasteiger partial charge in [0.05, 0.1) is 11.6 Å². The Hall–Kier alpha value is -2.82. The van der Waals surface area contributed by atoms with Gasteiger partial charge in [0.25, 0.3) is 5.91 Å². The van der Waals surface area contributed by atoms with Gasteiger partial charge in [-0.3, -0.25) is 9.59 Å². The summed E-state index contributed by atoms with van der Waals surface area (Å²) < 4.78 is 0. The third kappa shape index (κ3) is 2.97. The van der Waals surface area contributed by atoms with Crippen molar-refractivity contribution >= 4 is 11.8 Å². The number of fused-ring (bicyclic) bond motifs is 1. The van der Waals surface area contributed by atoms with Gasteiger partial charge in [0.15, 0.2) is 0 Å². The first-order chi connectivity index (χ1) is 13.0. The number of carbonyl (C=O) groups excluding carboxylic acids is 2. The van der Waals surface area contributed by atoms with Gasteiger partial charge in [0.1, 0.15) is 5.75 Å². The first kappa shape index (κ1) is 17.6. The lowest BCUT2D eigenvalue weighted by Gasteiger charge is -2.29. The predicted molar refractivity (Wildman–Crippen MR) is 102 cm³/mol. The molecule has 0 aliphatic carbocycles. The maximum atomic E-state index is 13.0. The highest BCUT2D eigenvalue weighted by atomic mass is 16.3. The maximum absolute atomic E-state index is 13.0. The molecule has 2 amide bonds. The van der Waals surface area contributed by atoms with E-state index in [1.807, 2.05) is 28.0 Å². The summed E-state index contributed by atoms with van der Waals surface area (Å²) in [5, 5.41) is 10.3. The summed E-state index contributed by atoms with van der Waals surface area (Å²) in [4.78, 5) is 29.0. The number of nitrogens with zero attached hydrogens (tertiary/aromatic N) is 2. The van der Waals surface area contributed by atoms with Gasteiger partial charge in [-0.2, -0.15) is 0 Å². The van der Waals surface area contributed by atoms with E-state index in [9.17, 15) is 14.7 Å². The molecule has 1 N–H and O–H groups in total. The number of likely N-dealkylation sites (tertiary alicyclic amines) is 2. The summed E-state index contributed by atoms with van der Waals surface area (Å²) in [5.41, 5.74) is 2.17. The Bertz CT molecular complexity index is 880. The van der Waals surface area contributed by atoms with Crippen molar-refractivity contribution in [3.05, 3.63) is 65.2 Å². The minimum absolute atomic E-state index is 0.00222. The molecule has 0 aromatic heterocycles. The molecular formula is C22H24N2O3. The molecule has 2 aromatic carbocycles. The van der Waals surface area contributed by atoms with Crippen LogP contribution in [-0.4, -0.2) is 46.4 Å². The molecule has 27 heavy (non-hydrogen) atoms. The van der Waals surface area contributed by atoms with Crippen LogP contribution in [0.5, 0.6) is 5.75 Å². The van der Waals surface area contributed by atoms with Gasteiger partial charge in [0, 0.05) is 38.4 Å². The Morgan fingerprint density at radius 2 is 1.74 bits per heavy atom. The monoisotopic (exact) mass is 364 g/mol. The van der Waals surface area contributed by atoms with Crippen molar-refractivity contribution in [3.8, 4) is 5.75 Å². The summed E-state index contributed by atoms with van der Waals surface area (Å²) in [7, 11) is 0. The molecule has 0 spiro atoms. The Morgan fingerprint density at radius 3 is 2.44 bits per heavy atom. The van der Waals surface area contributed by atoms with Crippen molar-refractivity contribution in [2.24, 2.45) is 11.8 Å². The average molecular weight is 364 g/mol. The normalized spacial score (nSPS) is 24.1.